The minimum absolute atomic E-state index is 0.0541. The van der Waals surface area contributed by atoms with Gasteiger partial charge in [0.25, 0.3) is 0 Å². The third-order valence-electron chi connectivity index (χ3n) is 5.09. The van der Waals surface area contributed by atoms with Gasteiger partial charge in [-0.15, -0.1) is 0 Å². The van der Waals surface area contributed by atoms with E-state index in [1.165, 1.54) is 6.92 Å². The smallest absolute Gasteiger partial charge is 0.362 e. The fourth-order valence-electron chi connectivity index (χ4n) is 4.64. The van der Waals surface area contributed by atoms with E-state index < -0.39 is 11.8 Å². The van der Waals surface area contributed by atoms with E-state index in [2.05, 4.69) is 0 Å². The van der Waals surface area contributed by atoms with Crippen molar-refractivity contribution in [2.24, 2.45) is 29.6 Å². The third-order valence-corrected chi connectivity index (χ3v) is 5.09. The number of alkyl halides is 3. The van der Waals surface area contributed by atoms with Crippen LogP contribution in [0.4, 0.5) is 13.2 Å². The number of ether oxygens (including phenoxy) is 1. The fourth-order valence-corrected chi connectivity index (χ4v) is 4.64. The van der Waals surface area contributed by atoms with E-state index >= 15 is 0 Å². The quantitative estimate of drug-likeness (QED) is 0.588. The zero-order valence-electron chi connectivity index (χ0n) is 7.71. The average Bonchev–Trinajstić information content (AvgIpc) is 2.47. The first-order valence-corrected chi connectivity index (χ1v) is 5.20. The lowest BCUT2D eigenvalue weighted by molar-refractivity contribution is -0.286. The Balaban J connectivity index is 1.80. The van der Waals surface area contributed by atoms with Crippen LogP contribution in [0.15, 0.2) is 0 Å². The average molecular weight is 204 g/mol. The highest BCUT2D eigenvalue weighted by atomic mass is 19.4. The maximum atomic E-state index is 12.9. The molecule has 5 aliphatic rings. The summed E-state index contributed by atoms with van der Waals surface area (Å²) in [5, 5.41) is 0. The van der Waals surface area contributed by atoms with Crippen LogP contribution in [-0.2, 0) is 4.74 Å². The SMILES string of the molecule is CC1(C(F)(F)F)OC2C3C4C[C@H]2C1C43. The Hall–Kier alpha value is -0.250. The first-order valence-electron chi connectivity index (χ1n) is 5.20. The molecule has 0 radical (unpaired) electrons. The summed E-state index contributed by atoms with van der Waals surface area (Å²) in [5.74, 6) is 1.44. The minimum Gasteiger partial charge on any atom is -0.362 e. The Bertz CT molecular complexity index is 326. The molecule has 0 amide bonds. The lowest BCUT2D eigenvalue weighted by atomic mass is 9.83. The van der Waals surface area contributed by atoms with Crippen molar-refractivity contribution in [3.8, 4) is 0 Å². The standard InChI is InChI=1S/C10H11F3O/c1-9(10(11,12)13)7-4-2-3-5(7)6(3)8(4)14-9/h3-8H,2H2,1H3/t3?,4-,5?,6?,7?,8?,9?/m0/s1. The van der Waals surface area contributed by atoms with Crippen molar-refractivity contribution in [3.05, 3.63) is 0 Å². The first-order chi connectivity index (χ1) is 6.45. The zero-order valence-corrected chi connectivity index (χ0v) is 7.71. The molecule has 1 aliphatic heterocycles. The molecule has 6 unspecified atom stereocenters. The predicted octanol–water partition coefficient (Wildman–Crippen LogP) is 2.22. The molecule has 6 bridgehead atoms. The van der Waals surface area contributed by atoms with E-state index in [-0.39, 0.29) is 17.9 Å². The molecule has 4 heteroatoms. The minimum atomic E-state index is -4.19. The van der Waals surface area contributed by atoms with Crippen LogP contribution in [0.25, 0.3) is 0 Å². The second kappa shape index (κ2) is 1.75. The van der Waals surface area contributed by atoms with E-state index in [0.29, 0.717) is 17.8 Å². The number of hydrogen-bond donors (Lipinski definition) is 0. The van der Waals surface area contributed by atoms with Crippen LogP contribution in [0.1, 0.15) is 13.3 Å². The normalized spacial score (nSPS) is 67.7. The van der Waals surface area contributed by atoms with Crippen LogP contribution >= 0.6 is 0 Å². The molecule has 0 aromatic carbocycles. The van der Waals surface area contributed by atoms with Crippen LogP contribution in [-0.4, -0.2) is 17.9 Å². The topological polar surface area (TPSA) is 9.23 Å². The summed E-state index contributed by atoms with van der Waals surface area (Å²) in [4.78, 5) is 0. The molecule has 78 valence electrons. The Labute approximate surface area is 79.6 Å². The van der Waals surface area contributed by atoms with Gasteiger partial charge in [0.05, 0.1) is 6.10 Å². The molecule has 0 aromatic heterocycles. The van der Waals surface area contributed by atoms with Gasteiger partial charge in [0.2, 0.25) is 0 Å². The Morgan fingerprint density at radius 2 is 1.93 bits per heavy atom. The van der Waals surface area contributed by atoms with E-state index in [9.17, 15) is 13.2 Å². The largest absolute Gasteiger partial charge is 0.417 e. The van der Waals surface area contributed by atoms with Crippen LogP contribution in [0.5, 0.6) is 0 Å². The first kappa shape index (κ1) is 7.97. The van der Waals surface area contributed by atoms with Gasteiger partial charge >= 0.3 is 6.18 Å². The zero-order chi connectivity index (χ0) is 9.88. The van der Waals surface area contributed by atoms with Gasteiger partial charge in [0.15, 0.2) is 5.60 Å². The van der Waals surface area contributed by atoms with Gasteiger partial charge in [-0.25, -0.2) is 0 Å². The highest BCUT2D eigenvalue weighted by Crippen LogP contribution is 2.81. The van der Waals surface area contributed by atoms with Crippen LogP contribution in [0.3, 0.4) is 0 Å². The van der Waals surface area contributed by atoms with Crippen LogP contribution < -0.4 is 0 Å². The molecule has 1 heterocycles. The summed E-state index contributed by atoms with van der Waals surface area (Å²) < 4.78 is 43.9. The van der Waals surface area contributed by atoms with Crippen molar-refractivity contribution < 1.29 is 17.9 Å². The monoisotopic (exact) mass is 204 g/mol. The molecule has 0 spiro atoms. The van der Waals surface area contributed by atoms with Crippen molar-refractivity contribution in [3.63, 3.8) is 0 Å². The maximum absolute atomic E-state index is 12.9. The fraction of sp³-hybridized carbons (Fsp3) is 1.00. The lowest BCUT2D eigenvalue weighted by Gasteiger charge is -2.35. The van der Waals surface area contributed by atoms with Gasteiger partial charge in [-0.1, -0.05) is 0 Å². The Kier molecular flexibility index (Phi) is 0.994. The molecule has 14 heavy (non-hydrogen) atoms. The van der Waals surface area contributed by atoms with E-state index in [1.807, 2.05) is 0 Å². The summed E-state index contributed by atoms with van der Waals surface area (Å²) in [7, 11) is 0. The van der Waals surface area contributed by atoms with Gasteiger partial charge in [-0.2, -0.15) is 13.2 Å². The highest BCUT2D eigenvalue weighted by Gasteiger charge is 2.85. The van der Waals surface area contributed by atoms with Crippen molar-refractivity contribution in [2.75, 3.05) is 0 Å². The highest BCUT2D eigenvalue weighted by molar-refractivity contribution is 5.29. The molecule has 0 N–H and O–H groups in total. The van der Waals surface area contributed by atoms with Crippen molar-refractivity contribution in [1.82, 2.24) is 0 Å². The van der Waals surface area contributed by atoms with Crippen LogP contribution in [0.2, 0.25) is 0 Å². The van der Waals surface area contributed by atoms with Crippen LogP contribution in [0, 0.1) is 29.6 Å². The molecule has 7 atom stereocenters. The molecule has 4 aliphatic carbocycles. The van der Waals surface area contributed by atoms with Gasteiger partial charge in [-0.05, 0) is 37.0 Å². The van der Waals surface area contributed by atoms with Crippen molar-refractivity contribution in [1.29, 1.82) is 0 Å². The second-order valence-electron chi connectivity index (χ2n) is 5.43. The van der Waals surface area contributed by atoms with Gasteiger partial charge in [0.1, 0.15) is 0 Å². The molecule has 1 saturated heterocycles. The molecular formula is C10H11F3O. The number of rotatable bonds is 0. The second-order valence-corrected chi connectivity index (χ2v) is 5.43. The number of hydrogen-bond acceptors (Lipinski definition) is 1. The summed E-state index contributed by atoms with van der Waals surface area (Å²) in [6, 6.07) is 0. The Morgan fingerprint density at radius 1 is 1.21 bits per heavy atom. The molecule has 1 nitrogen and oxygen atoms in total. The third kappa shape index (κ3) is 0.549. The van der Waals surface area contributed by atoms with E-state index in [1.54, 1.807) is 0 Å². The maximum Gasteiger partial charge on any atom is 0.417 e. The summed E-state index contributed by atoms with van der Waals surface area (Å²) in [5.41, 5.74) is -1.82. The van der Waals surface area contributed by atoms with E-state index in [4.69, 9.17) is 4.74 Å². The predicted molar refractivity (Wildman–Crippen MR) is 41.4 cm³/mol. The Morgan fingerprint density at radius 3 is 2.36 bits per heavy atom. The van der Waals surface area contributed by atoms with E-state index in [0.717, 1.165) is 6.42 Å². The van der Waals surface area contributed by atoms with Gasteiger partial charge in [0, 0.05) is 5.92 Å². The van der Waals surface area contributed by atoms with Gasteiger partial charge in [-0.3, -0.25) is 0 Å². The molecule has 5 rings (SSSR count). The van der Waals surface area contributed by atoms with Crippen molar-refractivity contribution >= 4 is 0 Å². The number of halogens is 3. The van der Waals surface area contributed by atoms with Crippen molar-refractivity contribution in [2.45, 2.75) is 31.2 Å². The molecule has 0 aromatic rings. The molecular weight excluding hydrogens is 193 g/mol. The molecule has 4 saturated carbocycles. The molecule has 5 fully saturated rings. The summed E-state index contributed by atoms with van der Waals surface area (Å²) in [6.45, 7) is 1.25. The summed E-state index contributed by atoms with van der Waals surface area (Å²) >= 11 is 0. The lowest BCUT2D eigenvalue weighted by Crippen LogP contribution is -2.49. The summed E-state index contributed by atoms with van der Waals surface area (Å²) in [6.07, 6.45) is -3.25. The van der Waals surface area contributed by atoms with Gasteiger partial charge < -0.3 is 4.74 Å².